The molecule has 0 saturated heterocycles. The van der Waals surface area contributed by atoms with Crippen molar-refractivity contribution in [3.05, 3.63) is 12.2 Å². The van der Waals surface area contributed by atoms with Crippen molar-refractivity contribution in [1.82, 2.24) is 20.2 Å². The summed E-state index contributed by atoms with van der Waals surface area (Å²) < 4.78 is 1.94. The summed E-state index contributed by atoms with van der Waals surface area (Å²) >= 11 is 0. The van der Waals surface area contributed by atoms with Crippen LogP contribution in [0.15, 0.2) is 6.33 Å². The molecule has 1 aromatic heterocycles. The highest BCUT2D eigenvalue weighted by molar-refractivity contribution is 4.90. The van der Waals surface area contributed by atoms with Crippen LogP contribution in [-0.2, 0) is 13.0 Å². The molecule has 96 valence electrons. The standard InChI is InChI=1S/C12H23N5/c1-2-17-12(14-9-15-17)8-11(16-13)7-10-5-3-4-6-10/h9-11,16H,2-8,13H2,1H3. The van der Waals surface area contributed by atoms with Gasteiger partial charge in [0.25, 0.3) is 0 Å². The van der Waals surface area contributed by atoms with Gasteiger partial charge in [0.05, 0.1) is 0 Å². The minimum Gasteiger partial charge on any atom is -0.271 e. The maximum absolute atomic E-state index is 5.65. The first-order valence-corrected chi connectivity index (χ1v) is 6.66. The number of nitrogens with one attached hydrogen (secondary N) is 1. The van der Waals surface area contributed by atoms with Crippen molar-refractivity contribution in [3.8, 4) is 0 Å². The van der Waals surface area contributed by atoms with Crippen molar-refractivity contribution in [1.29, 1.82) is 0 Å². The summed E-state index contributed by atoms with van der Waals surface area (Å²) in [4.78, 5) is 4.31. The van der Waals surface area contributed by atoms with Gasteiger partial charge in [-0.1, -0.05) is 25.7 Å². The van der Waals surface area contributed by atoms with Crippen LogP contribution in [0.25, 0.3) is 0 Å². The molecule has 0 aliphatic heterocycles. The Bertz CT molecular complexity index is 329. The van der Waals surface area contributed by atoms with E-state index in [1.165, 1.54) is 25.7 Å². The zero-order chi connectivity index (χ0) is 12.1. The van der Waals surface area contributed by atoms with Crippen LogP contribution in [0.2, 0.25) is 0 Å². The molecule has 3 N–H and O–H groups in total. The zero-order valence-corrected chi connectivity index (χ0v) is 10.6. The predicted molar refractivity (Wildman–Crippen MR) is 67.1 cm³/mol. The molecule has 2 rings (SSSR count). The van der Waals surface area contributed by atoms with Gasteiger partial charge in [0.2, 0.25) is 0 Å². The lowest BCUT2D eigenvalue weighted by atomic mass is 9.97. The highest BCUT2D eigenvalue weighted by Gasteiger charge is 2.21. The van der Waals surface area contributed by atoms with Gasteiger partial charge in [-0.2, -0.15) is 5.10 Å². The molecule has 1 atom stereocenters. The van der Waals surface area contributed by atoms with Crippen LogP contribution < -0.4 is 11.3 Å². The van der Waals surface area contributed by atoms with Crippen LogP contribution in [0.3, 0.4) is 0 Å². The SMILES string of the molecule is CCn1ncnc1CC(CC1CCCC1)NN. The Morgan fingerprint density at radius 3 is 2.94 bits per heavy atom. The predicted octanol–water partition coefficient (Wildman–Crippen LogP) is 1.25. The van der Waals surface area contributed by atoms with Gasteiger partial charge >= 0.3 is 0 Å². The molecule has 5 heteroatoms. The molecule has 1 fully saturated rings. The number of hydrogen-bond acceptors (Lipinski definition) is 4. The quantitative estimate of drug-likeness (QED) is 0.577. The number of hydrazine groups is 1. The van der Waals surface area contributed by atoms with E-state index in [1.54, 1.807) is 6.33 Å². The monoisotopic (exact) mass is 237 g/mol. The summed E-state index contributed by atoms with van der Waals surface area (Å²) in [5, 5.41) is 4.19. The molecule has 0 bridgehead atoms. The molecule has 0 radical (unpaired) electrons. The summed E-state index contributed by atoms with van der Waals surface area (Å²) in [5.74, 6) is 7.53. The van der Waals surface area contributed by atoms with Gasteiger partial charge in [0, 0.05) is 19.0 Å². The van der Waals surface area contributed by atoms with E-state index in [0.29, 0.717) is 6.04 Å². The first kappa shape index (κ1) is 12.5. The van der Waals surface area contributed by atoms with Crippen LogP contribution in [-0.4, -0.2) is 20.8 Å². The molecule has 1 aliphatic rings. The highest BCUT2D eigenvalue weighted by Crippen LogP contribution is 2.28. The van der Waals surface area contributed by atoms with E-state index in [1.807, 2.05) is 4.68 Å². The molecule has 17 heavy (non-hydrogen) atoms. The van der Waals surface area contributed by atoms with Crippen molar-refractivity contribution in [2.75, 3.05) is 0 Å². The molecular formula is C12H23N5. The summed E-state index contributed by atoms with van der Waals surface area (Å²) in [7, 11) is 0. The molecule has 1 heterocycles. The minimum atomic E-state index is 0.326. The van der Waals surface area contributed by atoms with Crippen molar-refractivity contribution in [3.63, 3.8) is 0 Å². The minimum absolute atomic E-state index is 0.326. The maximum atomic E-state index is 5.65. The molecule has 1 aliphatic carbocycles. The second-order valence-corrected chi connectivity index (χ2v) is 4.95. The highest BCUT2D eigenvalue weighted by atomic mass is 15.3. The third-order valence-electron chi connectivity index (χ3n) is 3.75. The van der Waals surface area contributed by atoms with E-state index in [9.17, 15) is 0 Å². The topological polar surface area (TPSA) is 68.8 Å². The van der Waals surface area contributed by atoms with Gasteiger partial charge in [-0.3, -0.25) is 16.0 Å². The van der Waals surface area contributed by atoms with E-state index in [2.05, 4.69) is 22.4 Å². The van der Waals surface area contributed by atoms with Crippen molar-refractivity contribution in [2.45, 2.75) is 58.0 Å². The molecule has 1 aromatic rings. The van der Waals surface area contributed by atoms with Crippen molar-refractivity contribution >= 4 is 0 Å². The lowest BCUT2D eigenvalue weighted by Gasteiger charge is -2.19. The largest absolute Gasteiger partial charge is 0.271 e. The van der Waals surface area contributed by atoms with Crippen molar-refractivity contribution < 1.29 is 0 Å². The van der Waals surface area contributed by atoms with E-state index in [4.69, 9.17) is 5.84 Å². The van der Waals surface area contributed by atoms with Crippen molar-refractivity contribution in [2.24, 2.45) is 11.8 Å². The van der Waals surface area contributed by atoms with Gasteiger partial charge in [0.15, 0.2) is 0 Å². The first-order chi connectivity index (χ1) is 8.33. The molecular weight excluding hydrogens is 214 g/mol. The average Bonchev–Trinajstić information content (AvgIpc) is 2.99. The van der Waals surface area contributed by atoms with E-state index in [0.717, 1.165) is 31.1 Å². The normalized spacial score (nSPS) is 18.7. The first-order valence-electron chi connectivity index (χ1n) is 6.66. The molecule has 0 aromatic carbocycles. The lowest BCUT2D eigenvalue weighted by Crippen LogP contribution is -2.38. The second kappa shape index (κ2) is 6.12. The van der Waals surface area contributed by atoms with E-state index in [-0.39, 0.29) is 0 Å². The lowest BCUT2D eigenvalue weighted by molar-refractivity contribution is 0.380. The van der Waals surface area contributed by atoms with Gasteiger partial charge in [0.1, 0.15) is 12.2 Å². The Labute approximate surface area is 103 Å². The van der Waals surface area contributed by atoms with E-state index < -0.39 is 0 Å². The summed E-state index contributed by atoms with van der Waals surface area (Å²) in [6.45, 7) is 2.95. The van der Waals surface area contributed by atoms with Crippen LogP contribution >= 0.6 is 0 Å². The smallest absolute Gasteiger partial charge is 0.138 e. The number of aryl methyl sites for hydroxylation is 1. The Morgan fingerprint density at radius 1 is 1.53 bits per heavy atom. The van der Waals surface area contributed by atoms with Gasteiger partial charge < -0.3 is 0 Å². The van der Waals surface area contributed by atoms with E-state index >= 15 is 0 Å². The summed E-state index contributed by atoms with van der Waals surface area (Å²) in [6, 6.07) is 0.326. The number of rotatable bonds is 6. The van der Waals surface area contributed by atoms with Crippen LogP contribution in [0.5, 0.6) is 0 Å². The second-order valence-electron chi connectivity index (χ2n) is 4.95. The molecule has 1 unspecified atom stereocenters. The fourth-order valence-corrected chi connectivity index (χ4v) is 2.79. The third kappa shape index (κ3) is 3.26. The zero-order valence-electron chi connectivity index (χ0n) is 10.6. The Kier molecular flexibility index (Phi) is 4.50. The van der Waals surface area contributed by atoms with Gasteiger partial charge in [-0.05, 0) is 19.3 Å². The number of nitrogens with two attached hydrogens (primary N) is 1. The number of aromatic nitrogens is 3. The molecule has 0 amide bonds. The third-order valence-corrected chi connectivity index (χ3v) is 3.75. The van der Waals surface area contributed by atoms with Gasteiger partial charge in [-0.15, -0.1) is 0 Å². The van der Waals surface area contributed by atoms with Crippen LogP contribution in [0.4, 0.5) is 0 Å². The molecule has 5 nitrogen and oxygen atoms in total. The summed E-state index contributed by atoms with van der Waals surface area (Å²) in [5.41, 5.74) is 2.94. The average molecular weight is 237 g/mol. The Hall–Kier alpha value is -0.940. The Morgan fingerprint density at radius 2 is 2.29 bits per heavy atom. The maximum Gasteiger partial charge on any atom is 0.138 e. The Balaban J connectivity index is 1.90. The number of nitrogens with zero attached hydrogens (tertiary/aromatic N) is 3. The molecule has 1 saturated carbocycles. The fraction of sp³-hybridized carbons (Fsp3) is 0.833. The van der Waals surface area contributed by atoms with Crippen LogP contribution in [0, 0.1) is 5.92 Å². The number of hydrogen-bond donors (Lipinski definition) is 2. The summed E-state index contributed by atoms with van der Waals surface area (Å²) in [6.07, 6.45) is 9.15. The fourth-order valence-electron chi connectivity index (χ4n) is 2.79. The molecule has 0 spiro atoms. The van der Waals surface area contributed by atoms with Crippen LogP contribution in [0.1, 0.15) is 44.9 Å². The van der Waals surface area contributed by atoms with Gasteiger partial charge in [-0.25, -0.2) is 4.98 Å².